The first-order chi connectivity index (χ1) is 10.0. The normalized spacial score (nSPS) is 11.6. The van der Waals surface area contributed by atoms with Gasteiger partial charge in [0.15, 0.2) is 12.4 Å². The summed E-state index contributed by atoms with van der Waals surface area (Å²) in [5.74, 6) is -2.44. The third kappa shape index (κ3) is 3.15. The molecule has 1 aromatic carbocycles. The summed E-state index contributed by atoms with van der Waals surface area (Å²) < 4.78 is 4.88. The number of aromatic amines is 1. The number of carbonyl (C=O) groups excluding carboxylic acids is 2. The van der Waals surface area contributed by atoms with Crippen LogP contribution in [0.15, 0.2) is 30.3 Å². The minimum absolute atomic E-state index is 0.0656. The van der Waals surface area contributed by atoms with Crippen molar-refractivity contribution in [1.29, 1.82) is 10.7 Å². The first-order valence-electron chi connectivity index (χ1n) is 6.25. The summed E-state index contributed by atoms with van der Waals surface area (Å²) in [6.45, 7) is 0.841. The Hall–Kier alpha value is -2.94. The maximum Gasteiger partial charge on any atom is 0.355 e. The van der Waals surface area contributed by atoms with Crippen LogP contribution >= 0.6 is 0 Å². The van der Waals surface area contributed by atoms with E-state index in [1.54, 1.807) is 12.1 Å². The molecule has 0 aliphatic carbocycles. The Morgan fingerprint density at radius 2 is 2.14 bits per heavy atom. The molecular weight excluding hydrogens is 270 g/mol. The zero-order valence-corrected chi connectivity index (χ0v) is 11.3. The summed E-state index contributed by atoms with van der Waals surface area (Å²) in [5.41, 5.74) is 0.967. The summed E-state index contributed by atoms with van der Waals surface area (Å²) in [5, 5.41) is 17.0. The van der Waals surface area contributed by atoms with E-state index in [1.807, 2.05) is 24.3 Å². The number of esters is 1. The first kappa shape index (κ1) is 14.5. The smallest absolute Gasteiger partial charge is 0.355 e. The molecule has 1 aromatic heterocycles. The van der Waals surface area contributed by atoms with Crippen molar-refractivity contribution in [3.63, 3.8) is 0 Å². The lowest BCUT2D eigenvalue weighted by molar-refractivity contribution is -0.122. The molecular formula is C15H13N3O3. The molecule has 0 saturated carbocycles. The van der Waals surface area contributed by atoms with Crippen LogP contribution in [-0.4, -0.2) is 29.1 Å². The second-order valence-electron chi connectivity index (χ2n) is 4.56. The lowest BCUT2D eigenvalue weighted by atomic mass is 10.0. The van der Waals surface area contributed by atoms with Crippen LogP contribution in [0.5, 0.6) is 0 Å². The van der Waals surface area contributed by atoms with E-state index in [0.717, 1.165) is 10.9 Å². The fourth-order valence-corrected chi connectivity index (χ4v) is 1.89. The predicted octanol–water partition coefficient (Wildman–Crippen LogP) is 2.07. The molecule has 0 aliphatic rings. The number of nitrogens with one attached hydrogen (secondary N) is 2. The lowest BCUT2D eigenvalue weighted by Gasteiger charge is -2.06. The number of nitriles is 1. The molecule has 0 saturated heterocycles. The van der Waals surface area contributed by atoms with Crippen LogP contribution in [0, 0.1) is 22.7 Å². The van der Waals surface area contributed by atoms with Crippen molar-refractivity contribution in [1.82, 2.24) is 4.98 Å². The average Bonchev–Trinajstić information content (AvgIpc) is 2.89. The van der Waals surface area contributed by atoms with Crippen LogP contribution in [0.2, 0.25) is 0 Å². The number of carbonyl (C=O) groups is 2. The monoisotopic (exact) mass is 283 g/mol. The number of rotatable bonds is 5. The van der Waals surface area contributed by atoms with Gasteiger partial charge in [-0.15, -0.1) is 0 Å². The average molecular weight is 283 g/mol. The molecule has 2 aromatic rings. The number of aromatic nitrogens is 1. The maximum absolute atomic E-state index is 11.9. The van der Waals surface area contributed by atoms with Gasteiger partial charge < -0.3 is 15.1 Å². The molecule has 0 bridgehead atoms. The highest BCUT2D eigenvalue weighted by atomic mass is 16.5. The molecule has 1 heterocycles. The van der Waals surface area contributed by atoms with Crippen LogP contribution < -0.4 is 0 Å². The number of ketones is 1. The minimum Gasteiger partial charge on any atom is -0.453 e. The van der Waals surface area contributed by atoms with Gasteiger partial charge in [0.05, 0.1) is 6.07 Å². The predicted molar refractivity (Wildman–Crippen MR) is 76.1 cm³/mol. The van der Waals surface area contributed by atoms with E-state index in [9.17, 15) is 9.59 Å². The summed E-state index contributed by atoms with van der Waals surface area (Å²) in [4.78, 5) is 26.4. The Bertz CT molecular complexity index is 722. The molecule has 6 heteroatoms. The molecule has 2 N–H and O–H groups in total. The zero-order chi connectivity index (χ0) is 15.4. The van der Waals surface area contributed by atoms with E-state index in [2.05, 4.69) is 4.98 Å². The van der Waals surface area contributed by atoms with Crippen molar-refractivity contribution in [2.75, 3.05) is 6.61 Å². The zero-order valence-electron chi connectivity index (χ0n) is 11.3. The summed E-state index contributed by atoms with van der Waals surface area (Å²) in [6.07, 6.45) is 0. The molecule has 1 unspecified atom stereocenters. The molecule has 2 rings (SSSR count). The van der Waals surface area contributed by atoms with Gasteiger partial charge in [0.1, 0.15) is 11.6 Å². The maximum atomic E-state index is 11.9. The second kappa shape index (κ2) is 6.01. The van der Waals surface area contributed by atoms with Gasteiger partial charge in [0, 0.05) is 16.6 Å². The van der Waals surface area contributed by atoms with Crippen molar-refractivity contribution in [2.45, 2.75) is 6.92 Å². The summed E-state index contributed by atoms with van der Waals surface area (Å²) >= 11 is 0. The number of hydrogen-bond donors (Lipinski definition) is 2. The number of para-hydroxylation sites is 1. The van der Waals surface area contributed by atoms with Crippen molar-refractivity contribution in [3.05, 3.63) is 36.0 Å². The minimum atomic E-state index is -1.17. The van der Waals surface area contributed by atoms with Crippen LogP contribution in [-0.2, 0) is 9.53 Å². The van der Waals surface area contributed by atoms with Crippen LogP contribution in [0.25, 0.3) is 10.9 Å². The number of fused-ring (bicyclic) bond motifs is 1. The van der Waals surface area contributed by atoms with E-state index in [1.165, 1.54) is 6.92 Å². The number of nitrogens with zero attached hydrogens (tertiary/aromatic N) is 1. The van der Waals surface area contributed by atoms with E-state index in [0.29, 0.717) is 0 Å². The number of H-pyrrole nitrogens is 1. The molecule has 106 valence electrons. The molecule has 0 amide bonds. The summed E-state index contributed by atoms with van der Waals surface area (Å²) in [7, 11) is 0. The quantitative estimate of drug-likeness (QED) is 0.647. The Kier molecular flexibility index (Phi) is 4.14. The lowest BCUT2D eigenvalue weighted by Crippen LogP contribution is -2.25. The first-order valence-corrected chi connectivity index (χ1v) is 6.25. The molecule has 0 spiro atoms. The van der Waals surface area contributed by atoms with Crippen molar-refractivity contribution in [2.24, 2.45) is 5.92 Å². The Morgan fingerprint density at radius 1 is 1.43 bits per heavy atom. The van der Waals surface area contributed by atoms with Crippen molar-refractivity contribution < 1.29 is 14.3 Å². The number of benzene rings is 1. The van der Waals surface area contributed by atoms with Gasteiger partial charge in [-0.3, -0.25) is 4.79 Å². The van der Waals surface area contributed by atoms with Crippen LogP contribution in [0.4, 0.5) is 0 Å². The third-order valence-electron chi connectivity index (χ3n) is 2.98. The summed E-state index contributed by atoms with van der Waals surface area (Å²) in [6, 6.07) is 10.7. The van der Waals surface area contributed by atoms with Gasteiger partial charge in [-0.05, 0) is 19.1 Å². The largest absolute Gasteiger partial charge is 0.453 e. The molecule has 0 fully saturated rings. The van der Waals surface area contributed by atoms with E-state index in [4.69, 9.17) is 15.4 Å². The number of ether oxygens (including phenoxy) is 1. The fraction of sp³-hybridized carbons (Fsp3) is 0.200. The van der Waals surface area contributed by atoms with E-state index >= 15 is 0 Å². The van der Waals surface area contributed by atoms with Gasteiger partial charge >= 0.3 is 5.97 Å². The molecule has 0 radical (unpaired) electrons. The number of Topliss-reactive ketones (excluding diaryl/α,β-unsaturated/α-hetero) is 1. The van der Waals surface area contributed by atoms with Crippen molar-refractivity contribution >= 4 is 28.4 Å². The SMILES string of the molecule is CC(=N)C(C#N)C(=O)COC(=O)c1cc2ccccc2[nH]1. The van der Waals surface area contributed by atoms with Crippen LogP contribution in [0.1, 0.15) is 17.4 Å². The fourth-order valence-electron chi connectivity index (χ4n) is 1.89. The highest BCUT2D eigenvalue weighted by Gasteiger charge is 2.22. The molecule has 0 aliphatic heterocycles. The van der Waals surface area contributed by atoms with Gasteiger partial charge in [-0.1, -0.05) is 18.2 Å². The second-order valence-corrected chi connectivity index (χ2v) is 4.56. The Balaban J connectivity index is 2.03. The van der Waals surface area contributed by atoms with E-state index in [-0.39, 0.29) is 11.4 Å². The van der Waals surface area contributed by atoms with Gasteiger partial charge in [0.2, 0.25) is 0 Å². The van der Waals surface area contributed by atoms with Crippen molar-refractivity contribution in [3.8, 4) is 6.07 Å². The van der Waals surface area contributed by atoms with E-state index < -0.39 is 24.3 Å². The molecule has 6 nitrogen and oxygen atoms in total. The van der Waals surface area contributed by atoms with Gasteiger partial charge in [0.25, 0.3) is 0 Å². The van der Waals surface area contributed by atoms with Gasteiger partial charge in [-0.2, -0.15) is 5.26 Å². The third-order valence-corrected chi connectivity index (χ3v) is 2.98. The van der Waals surface area contributed by atoms with Crippen LogP contribution in [0.3, 0.4) is 0 Å². The Labute approximate surface area is 120 Å². The standard InChI is InChI=1S/C15H13N3O3/c1-9(17)11(7-16)14(19)8-21-15(20)13-6-10-4-2-3-5-12(10)18-13/h2-6,11,17-18H,8H2,1H3. The topological polar surface area (TPSA) is 107 Å². The molecule has 21 heavy (non-hydrogen) atoms. The highest BCUT2D eigenvalue weighted by Crippen LogP contribution is 2.15. The number of hydrogen-bond acceptors (Lipinski definition) is 5. The Morgan fingerprint density at radius 3 is 2.76 bits per heavy atom. The van der Waals surface area contributed by atoms with Gasteiger partial charge in [-0.25, -0.2) is 4.79 Å². The highest BCUT2D eigenvalue weighted by molar-refractivity contribution is 6.06. The molecule has 1 atom stereocenters.